The van der Waals surface area contributed by atoms with E-state index in [2.05, 4.69) is 26.8 Å². The van der Waals surface area contributed by atoms with E-state index in [1.165, 1.54) is 96.3 Å². The summed E-state index contributed by atoms with van der Waals surface area (Å²) in [5.41, 5.74) is 0. The van der Waals surface area contributed by atoms with Crippen LogP contribution < -0.4 is 0 Å². The Balaban J connectivity index is 3.52. The smallest absolute Gasteiger partial charge is 0.305 e. The maximum absolute atomic E-state index is 12.0. The summed E-state index contributed by atoms with van der Waals surface area (Å²) in [5, 5.41) is 30.3. The van der Waals surface area contributed by atoms with E-state index in [1.807, 2.05) is 6.08 Å². The standard InChI is InChI=1S/C41H78O7/c1-4-5-6-7-20-25-30-38(43)39(44)31-26-21-18-23-28-33-41(46)48-35-37(42)34-47-40(45)32-27-22-17-15-13-11-9-8-10-12-14-16-19-24-29-36(2)3/h20,25,36-39,42-44H,4-19,21-24,26-35H2,1-3H3/b25-20-/t37-,38+,39+/m0/s1. The zero-order chi connectivity index (χ0) is 35.5. The number of hydrogen-bond acceptors (Lipinski definition) is 7. The predicted octanol–water partition coefficient (Wildman–Crippen LogP) is 10.3. The van der Waals surface area contributed by atoms with Crippen LogP contribution in [0, 0.1) is 5.92 Å². The van der Waals surface area contributed by atoms with Gasteiger partial charge in [0.15, 0.2) is 0 Å². The molecule has 48 heavy (non-hydrogen) atoms. The molecule has 0 aromatic carbocycles. The van der Waals surface area contributed by atoms with Gasteiger partial charge in [-0.1, -0.05) is 161 Å². The van der Waals surface area contributed by atoms with Gasteiger partial charge in [0.05, 0.1) is 12.2 Å². The molecule has 0 amide bonds. The number of esters is 2. The fourth-order valence-electron chi connectivity index (χ4n) is 5.88. The van der Waals surface area contributed by atoms with Gasteiger partial charge in [-0.15, -0.1) is 0 Å². The van der Waals surface area contributed by atoms with Gasteiger partial charge in [0.25, 0.3) is 0 Å². The van der Waals surface area contributed by atoms with Crippen LogP contribution in [0.5, 0.6) is 0 Å². The second-order valence-corrected chi connectivity index (χ2v) is 14.5. The van der Waals surface area contributed by atoms with Crippen molar-refractivity contribution in [3.8, 4) is 0 Å². The average Bonchev–Trinajstić information content (AvgIpc) is 3.06. The Morgan fingerprint density at radius 1 is 0.521 bits per heavy atom. The summed E-state index contributed by atoms with van der Waals surface area (Å²) in [4.78, 5) is 24.0. The molecule has 284 valence electrons. The van der Waals surface area contributed by atoms with Gasteiger partial charge in [0.1, 0.15) is 19.3 Å². The molecular formula is C41H78O7. The van der Waals surface area contributed by atoms with Gasteiger partial charge in [-0.3, -0.25) is 9.59 Å². The minimum absolute atomic E-state index is 0.153. The molecule has 3 N–H and O–H groups in total. The summed E-state index contributed by atoms with van der Waals surface area (Å²) in [7, 11) is 0. The van der Waals surface area contributed by atoms with Crippen molar-refractivity contribution in [1.82, 2.24) is 0 Å². The lowest BCUT2D eigenvalue weighted by Gasteiger charge is -2.16. The van der Waals surface area contributed by atoms with E-state index < -0.39 is 18.3 Å². The van der Waals surface area contributed by atoms with Gasteiger partial charge >= 0.3 is 11.9 Å². The quantitative estimate of drug-likeness (QED) is 0.0342. The lowest BCUT2D eigenvalue weighted by atomic mass is 10.0. The Hall–Kier alpha value is -1.44. The van der Waals surface area contributed by atoms with Crippen LogP contribution in [0.2, 0.25) is 0 Å². The van der Waals surface area contributed by atoms with Crippen LogP contribution in [0.15, 0.2) is 12.2 Å². The van der Waals surface area contributed by atoms with Crippen LogP contribution in [0.3, 0.4) is 0 Å². The fraction of sp³-hybridized carbons (Fsp3) is 0.902. The van der Waals surface area contributed by atoms with Crippen LogP contribution in [0.4, 0.5) is 0 Å². The average molecular weight is 683 g/mol. The molecule has 0 aliphatic heterocycles. The van der Waals surface area contributed by atoms with Crippen molar-refractivity contribution in [3.05, 3.63) is 12.2 Å². The first-order valence-electron chi connectivity index (χ1n) is 20.3. The van der Waals surface area contributed by atoms with Crippen molar-refractivity contribution in [1.29, 1.82) is 0 Å². The van der Waals surface area contributed by atoms with Gasteiger partial charge in [-0.25, -0.2) is 0 Å². The third-order valence-electron chi connectivity index (χ3n) is 9.13. The van der Waals surface area contributed by atoms with Crippen LogP contribution in [-0.4, -0.2) is 58.8 Å². The minimum atomic E-state index is -1.01. The summed E-state index contributed by atoms with van der Waals surface area (Å²) in [6, 6.07) is 0. The molecule has 0 bridgehead atoms. The van der Waals surface area contributed by atoms with E-state index in [0.29, 0.717) is 25.7 Å². The monoisotopic (exact) mass is 683 g/mol. The highest BCUT2D eigenvalue weighted by Gasteiger charge is 2.14. The summed E-state index contributed by atoms with van der Waals surface area (Å²) >= 11 is 0. The van der Waals surface area contributed by atoms with Crippen LogP contribution in [0.25, 0.3) is 0 Å². The van der Waals surface area contributed by atoms with E-state index in [4.69, 9.17) is 9.47 Å². The highest BCUT2D eigenvalue weighted by Crippen LogP contribution is 2.16. The highest BCUT2D eigenvalue weighted by atomic mass is 16.6. The summed E-state index contributed by atoms with van der Waals surface area (Å²) in [5.74, 6) is 0.178. The van der Waals surface area contributed by atoms with Gasteiger partial charge in [0, 0.05) is 12.8 Å². The molecule has 0 aromatic heterocycles. The van der Waals surface area contributed by atoms with E-state index in [-0.39, 0.29) is 31.6 Å². The molecule has 0 aliphatic rings. The highest BCUT2D eigenvalue weighted by molar-refractivity contribution is 5.69. The third-order valence-corrected chi connectivity index (χ3v) is 9.13. The molecule has 7 heteroatoms. The van der Waals surface area contributed by atoms with Crippen LogP contribution >= 0.6 is 0 Å². The van der Waals surface area contributed by atoms with Crippen molar-refractivity contribution in [2.45, 2.75) is 219 Å². The first kappa shape index (κ1) is 46.6. The molecule has 0 fully saturated rings. The molecule has 0 unspecified atom stereocenters. The molecule has 3 atom stereocenters. The SMILES string of the molecule is CCCCC/C=C\C[C@@H](O)[C@H](O)CCCCCCCC(=O)OC[C@@H](O)COC(=O)CCCCCCCCCCCCCCCCC(C)C. The molecule has 7 nitrogen and oxygen atoms in total. The van der Waals surface area contributed by atoms with Crippen molar-refractivity contribution in [2.75, 3.05) is 13.2 Å². The van der Waals surface area contributed by atoms with E-state index in [9.17, 15) is 24.9 Å². The largest absolute Gasteiger partial charge is 0.463 e. The number of ether oxygens (including phenoxy) is 2. The van der Waals surface area contributed by atoms with Gasteiger partial charge in [0.2, 0.25) is 0 Å². The Morgan fingerprint density at radius 2 is 0.938 bits per heavy atom. The molecular weight excluding hydrogens is 604 g/mol. The molecule has 0 rings (SSSR count). The Bertz CT molecular complexity index is 738. The molecule has 0 radical (unpaired) electrons. The number of carbonyl (C=O) groups is 2. The number of unbranched alkanes of at least 4 members (excludes halogenated alkanes) is 20. The van der Waals surface area contributed by atoms with Gasteiger partial charge in [-0.2, -0.15) is 0 Å². The lowest BCUT2D eigenvalue weighted by Crippen LogP contribution is -2.25. The van der Waals surface area contributed by atoms with Gasteiger partial charge < -0.3 is 24.8 Å². The number of aliphatic hydroxyl groups is 3. The molecule has 0 spiro atoms. The topological polar surface area (TPSA) is 113 Å². The van der Waals surface area contributed by atoms with Crippen molar-refractivity contribution >= 4 is 11.9 Å². The fourth-order valence-corrected chi connectivity index (χ4v) is 5.88. The Morgan fingerprint density at radius 3 is 1.38 bits per heavy atom. The number of rotatable bonds is 36. The summed E-state index contributed by atoms with van der Waals surface area (Å²) in [6.07, 6.45) is 31.5. The molecule has 0 heterocycles. The van der Waals surface area contributed by atoms with E-state index in [0.717, 1.165) is 57.3 Å². The Kier molecular flexibility index (Phi) is 34.3. The van der Waals surface area contributed by atoms with Crippen molar-refractivity contribution < 1.29 is 34.4 Å². The maximum Gasteiger partial charge on any atom is 0.305 e. The normalized spacial score (nSPS) is 13.6. The first-order valence-corrected chi connectivity index (χ1v) is 20.3. The number of allylic oxidation sites excluding steroid dienone is 1. The zero-order valence-electron chi connectivity index (χ0n) is 31.7. The number of aliphatic hydroxyl groups excluding tert-OH is 3. The van der Waals surface area contributed by atoms with Gasteiger partial charge in [-0.05, 0) is 44.4 Å². The second kappa shape index (κ2) is 35.4. The van der Waals surface area contributed by atoms with E-state index in [1.54, 1.807) is 0 Å². The molecule has 0 saturated heterocycles. The molecule has 0 saturated carbocycles. The van der Waals surface area contributed by atoms with Crippen LogP contribution in [-0.2, 0) is 19.1 Å². The maximum atomic E-state index is 12.0. The van der Waals surface area contributed by atoms with Crippen LogP contribution in [0.1, 0.15) is 201 Å². The third kappa shape index (κ3) is 34.4. The second-order valence-electron chi connectivity index (χ2n) is 14.5. The number of hydrogen-bond donors (Lipinski definition) is 3. The first-order chi connectivity index (χ1) is 23.3. The zero-order valence-corrected chi connectivity index (χ0v) is 31.7. The number of carbonyl (C=O) groups excluding carboxylic acids is 2. The molecule has 0 aliphatic carbocycles. The summed E-state index contributed by atoms with van der Waals surface area (Å²) in [6.45, 7) is 6.47. The predicted molar refractivity (Wildman–Crippen MR) is 199 cm³/mol. The van der Waals surface area contributed by atoms with Crippen molar-refractivity contribution in [2.24, 2.45) is 5.92 Å². The lowest BCUT2D eigenvalue weighted by molar-refractivity contribution is -0.152. The minimum Gasteiger partial charge on any atom is -0.463 e. The molecule has 0 aromatic rings. The van der Waals surface area contributed by atoms with E-state index >= 15 is 0 Å². The Labute approximate surface area is 296 Å². The summed E-state index contributed by atoms with van der Waals surface area (Å²) < 4.78 is 10.3. The van der Waals surface area contributed by atoms with Crippen molar-refractivity contribution in [3.63, 3.8) is 0 Å².